The molecule has 5 nitrogen and oxygen atoms in total. The molecule has 7 heteroatoms. The lowest BCUT2D eigenvalue weighted by Gasteiger charge is -2.35. The minimum absolute atomic E-state index is 0.0348. The van der Waals surface area contributed by atoms with E-state index >= 15 is 0 Å². The first-order chi connectivity index (χ1) is 10.9. The summed E-state index contributed by atoms with van der Waals surface area (Å²) in [6.07, 6.45) is -0.544. The van der Waals surface area contributed by atoms with Gasteiger partial charge in [-0.3, -0.25) is 4.79 Å². The third-order valence-electron chi connectivity index (χ3n) is 4.34. The molecule has 4 atom stereocenters. The highest BCUT2D eigenvalue weighted by molar-refractivity contribution is 6.42. The molecule has 1 heterocycles. The number of ether oxygens (including phenoxy) is 1. The first-order valence-electron chi connectivity index (χ1n) is 7.49. The van der Waals surface area contributed by atoms with Crippen molar-refractivity contribution in [2.45, 2.75) is 31.5 Å². The molecule has 0 radical (unpaired) electrons. The first kappa shape index (κ1) is 16.6. The topological polar surface area (TPSA) is 66.8 Å². The zero-order valence-electron chi connectivity index (χ0n) is 12.5. The van der Waals surface area contributed by atoms with Crippen LogP contribution in [-0.2, 0) is 14.3 Å². The van der Waals surface area contributed by atoms with E-state index in [2.05, 4.69) is 0 Å². The van der Waals surface area contributed by atoms with E-state index < -0.39 is 12.1 Å². The molecular weight excluding hydrogens is 341 g/mol. The number of aliphatic carboxylic acids is 1. The van der Waals surface area contributed by atoms with E-state index in [1.54, 1.807) is 17.9 Å². The molecule has 3 rings (SSSR count). The molecule has 0 aromatic heterocycles. The number of amides is 1. The standard InChI is InChI=1S/C16H17Cl2NO4/c1-8-6-19(7-13(23-8)16(21)22)15(20)11-5-10(11)9-3-2-4-12(17)14(9)18/h2-4,8,10-11,13H,5-7H2,1H3,(H,21,22)/t8-,10?,11?,13?/m1/s1. The van der Waals surface area contributed by atoms with Gasteiger partial charge in [-0.15, -0.1) is 0 Å². The van der Waals surface area contributed by atoms with Gasteiger partial charge in [-0.1, -0.05) is 35.3 Å². The van der Waals surface area contributed by atoms with Gasteiger partial charge >= 0.3 is 5.97 Å². The Labute approximate surface area is 144 Å². The van der Waals surface area contributed by atoms with Crippen molar-refractivity contribution in [3.63, 3.8) is 0 Å². The molecule has 1 aromatic carbocycles. The maximum Gasteiger partial charge on any atom is 0.334 e. The number of halogens is 2. The second-order valence-corrected chi connectivity index (χ2v) is 6.89. The van der Waals surface area contributed by atoms with Crippen LogP contribution in [0.15, 0.2) is 18.2 Å². The summed E-state index contributed by atoms with van der Waals surface area (Å²) in [7, 11) is 0. The van der Waals surface area contributed by atoms with E-state index in [0.717, 1.165) is 5.56 Å². The molecule has 2 fully saturated rings. The summed E-state index contributed by atoms with van der Waals surface area (Å²) in [6.45, 7) is 2.27. The summed E-state index contributed by atoms with van der Waals surface area (Å²) in [6, 6.07) is 5.42. The summed E-state index contributed by atoms with van der Waals surface area (Å²) in [4.78, 5) is 25.4. The van der Waals surface area contributed by atoms with Crippen LogP contribution >= 0.6 is 23.2 Å². The molecule has 0 bridgehead atoms. The Kier molecular flexibility index (Phi) is 4.54. The predicted octanol–water partition coefficient (Wildman–Crippen LogP) is 2.80. The summed E-state index contributed by atoms with van der Waals surface area (Å²) in [5, 5.41) is 10.1. The molecule has 3 unspecified atom stereocenters. The number of benzene rings is 1. The SMILES string of the molecule is C[C@@H]1CN(C(=O)C2CC2c2cccc(Cl)c2Cl)CC(C(=O)O)O1. The summed E-state index contributed by atoms with van der Waals surface area (Å²) >= 11 is 12.2. The molecule has 1 aromatic rings. The van der Waals surface area contributed by atoms with E-state index in [9.17, 15) is 9.59 Å². The van der Waals surface area contributed by atoms with Crippen LogP contribution in [0.5, 0.6) is 0 Å². The Morgan fingerprint density at radius 3 is 2.74 bits per heavy atom. The fourth-order valence-corrected chi connectivity index (χ4v) is 3.57. The average Bonchev–Trinajstić information content (AvgIpc) is 3.29. The van der Waals surface area contributed by atoms with Crippen molar-refractivity contribution >= 4 is 35.1 Å². The van der Waals surface area contributed by atoms with E-state index in [0.29, 0.717) is 23.0 Å². The van der Waals surface area contributed by atoms with Crippen LogP contribution < -0.4 is 0 Å². The zero-order valence-corrected chi connectivity index (χ0v) is 14.0. The van der Waals surface area contributed by atoms with Crippen LogP contribution in [-0.4, -0.2) is 47.2 Å². The highest BCUT2D eigenvalue weighted by Crippen LogP contribution is 2.51. The Balaban J connectivity index is 1.70. The summed E-state index contributed by atoms with van der Waals surface area (Å²) < 4.78 is 5.34. The second-order valence-electron chi connectivity index (χ2n) is 6.11. The van der Waals surface area contributed by atoms with E-state index in [4.69, 9.17) is 33.0 Å². The predicted molar refractivity (Wildman–Crippen MR) is 85.9 cm³/mol. The number of carbonyl (C=O) groups excluding carboxylic acids is 1. The number of carboxylic acids is 1. The normalized spacial score (nSPS) is 30.1. The van der Waals surface area contributed by atoms with Gasteiger partial charge in [-0.25, -0.2) is 4.79 Å². The number of rotatable bonds is 3. The second kappa shape index (κ2) is 6.30. The highest BCUT2D eigenvalue weighted by Gasteiger charge is 2.48. The van der Waals surface area contributed by atoms with Crippen molar-refractivity contribution in [3.8, 4) is 0 Å². The molecule has 23 heavy (non-hydrogen) atoms. The molecule has 1 saturated carbocycles. The van der Waals surface area contributed by atoms with Gasteiger partial charge in [-0.05, 0) is 30.9 Å². The number of nitrogens with zero attached hydrogens (tertiary/aromatic N) is 1. The fourth-order valence-electron chi connectivity index (χ4n) is 3.12. The molecule has 1 saturated heterocycles. The Hall–Kier alpha value is -1.30. The maximum atomic E-state index is 12.7. The van der Waals surface area contributed by atoms with Crippen LogP contribution in [0.1, 0.15) is 24.8 Å². The Bertz CT molecular complexity index is 651. The van der Waals surface area contributed by atoms with Crippen molar-refractivity contribution in [2.75, 3.05) is 13.1 Å². The van der Waals surface area contributed by atoms with Crippen LogP contribution in [0, 0.1) is 5.92 Å². The number of carbonyl (C=O) groups is 2. The highest BCUT2D eigenvalue weighted by atomic mass is 35.5. The minimum atomic E-state index is -1.04. The van der Waals surface area contributed by atoms with Gasteiger partial charge in [-0.2, -0.15) is 0 Å². The van der Waals surface area contributed by atoms with Crippen molar-refractivity contribution in [3.05, 3.63) is 33.8 Å². The third kappa shape index (κ3) is 3.32. The third-order valence-corrected chi connectivity index (χ3v) is 5.17. The summed E-state index contributed by atoms with van der Waals surface area (Å²) in [5.74, 6) is -1.19. The largest absolute Gasteiger partial charge is 0.479 e. The van der Waals surface area contributed by atoms with Gasteiger partial charge in [0.05, 0.1) is 22.7 Å². The number of hydrogen-bond acceptors (Lipinski definition) is 3. The van der Waals surface area contributed by atoms with Crippen molar-refractivity contribution in [1.29, 1.82) is 0 Å². The number of morpholine rings is 1. The number of hydrogen-bond donors (Lipinski definition) is 1. The maximum absolute atomic E-state index is 12.7. The quantitative estimate of drug-likeness (QED) is 0.902. The lowest BCUT2D eigenvalue weighted by molar-refractivity contribution is -0.167. The smallest absolute Gasteiger partial charge is 0.334 e. The van der Waals surface area contributed by atoms with Gasteiger partial charge in [0.15, 0.2) is 6.10 Å². The average molecular weight is 358 g/mol. The Morgan fingerprint density at radius 2 is 2.04 bits per heavy atom. The van der Waals surface area contributed by atoms with Crippen LogP contribution in [0.25, 0.3) is 0 Å². The van der Waals surface area contributed by atoms with Crippen LogP contribution in [0.2, 0.25) is 10.0 Å². The molecule has 1 N–H and O–H groups in total. The summed E-state index contributed by atoms with van der Waals surface area (Å²) in [5.41, 5.74) is 0.883. The lowest BCUT2D eigenvalue weighted by atomic mass is 10.1. The van der Waals surface area contributed by atoms with Crippen molar-refractivity contribution < 1.29 is 19.4 Å². The van der Waals surface area contributed by atoms with E-state index in [1.807, 2.05) is 12.1 Å². The van der Waals surface area contributed by atoms with Gasteiger partial charge < -0.3 is 14.7 Å². The molecule has 1 aliphatic carbocycles. The first-order valence-corrected chi connectivity index (χ1v) is 8.25. The lowest BCUT2D eigenvalue weighted by Crippen LogP contribution is -2.52. The molecule has 124 valence electrons. The van der Waals surface area contributed by atoms with Crippen molar-refractivity contribution in [1.82, 2.24) is 4.90 Å². The van der Waals surface area contributed by atoms with Crippen LogP contribution in [0.4, 0.5) is 0 Å². The molecular formula is C16H17Cl2NO4. The fraction of sp³-hybridized carbons (Fsp3) is 0.500. The van der Waals surface area contributed by atoms with Gasteiger partial charge in [0.1, 0.15) is 0 Å². The van der Waals surface area contributed by atoms with E-state index in [1.165, 1.54) is 0 Å². The molecule has 1 aliphatic heterocycles. The van der Waals surface area contributed by atoms with Crippen molar-refractivity contribution in [2.24, 2.45) is 5.92 Å². The minimum Gasteiger partial charge on any atom is -0.479 e. The number of carboxylic acid groups (broad SMARTS) is 1. The Morgan fingerprint density at radius 1 is 1.30 bits per heavy atom. The molecule has 1 amide bonds. The molecule has 0 spiro atoms. The van der Waals surface area contributed by atoms with Crippen LogP contribution in [0.3, 0.4) is 0 Å². The van der Waals surface area contributed by atoms with E-state index in [-0.39, 0.29) is 30.4 Å². The zero-order chi connectivity index (χ0) is 16.7. The van der Waals surface area contributed by atoms with Gasteiger partial charge in [0, 0.05) is 12.5 Å². The monoisotopic (exact) mass is 357 g/mol. The van der Waals surface area contributed by atoms with Gasteiger partial charge in [0.2, 0.25) is 5.91 Å². The molecule has 2 aliphatic rings. The van der Waals surface area contributed by atoms with Gasteiger partial charge in [0.25, 0.3) is 0 Å².